The van der Waals surface area contributed by atoms with Gasteiger partial charge < -0.3 is 15.7 Å². The summed E-state index contributed by atoms with van der Waals surface area (Å²) in [5.41, 5.74) is 2.70. The molecule has 9 nitrogen and oxygen atoms in total. The van der Waals surface area contributed by atoms with Gasteiger partial charge in [-0.15, -0.1) is 5.10 Å². The number of benzene rings is 1. The number of aliphatic carboxylic acids is 1. The summed E-state index contributed by atoms with van der Waals surface area (Å²) in [7, 11) is 0. The van der Waals surface area contributed by atoms with E-state index >= 15 is 0 Å². The van der Waals surface area contributed by atoms with Gasteiger partial charge in [-0.1, -0.05) is 29.3 Å². The van der Waals surface area contributed by atoms with Gasteiger partial charge in [0.15, 0.2) is 5.69 Å². The molecule has 0 bridgehead atoms. The van der Waals surface area contributed by atoms with Gasteiger partial charge in [-0.2, -0.15) is 9.90 Å². The Balaban J connectivity index is 1.41. The molecule has 0 spiro atoms. The molecule has 1 aliphatic heterocycles. The highest BCUT2D eigenvalue weighted by Gasteiger charge is 2.21. The minimum atomic E-state index is -1.08. The van der Waals surface area contributed by atoms with E-state index in [1.165, 1.54) is 22.6 Å². The SMILES string of the molecule is O=C(O)CC(NC(=O)c1cnn(CCc2ccc3c(n2)NCCC3)n1)c1cc(Cl)cc(Cl)c1. The summed E-state index contributed by atoms with van der Waals surface area (Å²) in [6.07, 6.45) is 3.74. The van der Waals surface area contributed by atoms with Gasteiger partial charge in [0.25, 0.3) is 5.91 Å². The lowest BCUT2D eigenvalue weighted by Crippen LogP contribution is -2.30. The molecule has 1 aliphatic rings. The summed E-state index contributed by atoms with van der Waals surface area (Å²) in [5.74, 6) is -0.690. The van der Waals surface area contributed by atoms with Crippen molar-refractivity contribution in [2.45, 2.75) is 38.3 Å². The van der Waals surface area contributed by atoms with Crippen LogP contribution in [0, 0.1) is 0 Å². The van der Waals surface area contributed by atoms with Crippen LogP contribution in [0.4, 0.5) is 5.82 Å². The number of nitrogens with zero attached hydrogens (tertiary/aromatic N) is 4. The number of carboxylic acids is 1. The number of nitrogens with one attached hydrogen (secondary N) is 2. The molecule has 0 aliphatic carbocycles. The van der Waals surface area contributed by atoms with Crippen molar-refractivity contribution in [2.24, 2.45) is 0 Å². The molecule has 1 atom stereocenters. The Morgan fingerprint density at radius 1 is 1.21 bits per heavy atom. The average Bonchev–Trinajstić information content (AvgIpc) is 3.25. The van der Waals surface area contributed by atoms with Crippen LogP contribution >= 0.6 is 23.2 Å². The highest BCUT2D eigenvalue weighted by atomic mass is 35.5. The Morgan fingerprint density at radius 3 is 2.76 bits per heavy atom. The third-order valence-electron chi connectivity index (χ3n) is 5.26. The number of amides is 1. The molecule has 3 N–H and O–H groups in total. The number of fused-ring (bicyclic) bond motifs is 1. The van der Waals surface area contributed by atoms with Gasteiger partial charge in [0.2, 0.25) is 0 Å². The number of rotatable bonds is 8. The summed E-state index contributed by atoms with van der Waals surface area (Å²) in [6, 6.07) is 7.92. The normalized spacial score (nSPS) is 13.6. The molecule has 3 aromatic rings. The molecule has 4 rings (SSSR count). The minimum absolute atomic E-state index is 0.0820. The molecular formula is C22H22Cl2N6O3. The van der Waals surface area contributed by atoms with E-state index in [1.54, 1.807) is 12.1 Å². The Labute approximate surface area is 200 Å². The molecule has 1 aromatic carbocycles. The monoisotopic (exact) mass is 488 g/mol. The van der Waals surface area contributed by atoms with Crippen LogP contribution in [0.5, 0.6) is 0 Å². The summed E-state index contributed by atoms with van der Waals surface area (Å²) < 4.78 is 0. The first kappa shape index (κ1) is 23.0. The highest BCUT2D eigenvalue weighted by molar-refractivity contribution is 6.34. The van der Waals surface area contributed by atoms with Crippen molar-refractivity contribution in [3.8, 4) is 0 Å². The molecule has 33 heavy (non-hydrogen) atoms. The van der Waals surface area contributed by atoms with Crippen LogP contribution in [-0.2, 0) is 24.2 Å². The van der Waals surface area contributed by atoms with E-state index in [-0.39, 0.29) is 12.1 Å². The number of carbonyl (C=O) groups is 2. The zero-order valence-electron chi connectivity index (χ0n) is 17.6. The third-order valence-corrected chi connectivity index (χ3v) is 5.70. The zero-order valence-corrected chi connectivity index (χ0v) is 19.1. The maximum Gasteiger partial charge on any atom is 0.305 e. The number of hydrogen-bond acceptors (Lipinski definition) is 6. The predicted molar refractivity (Wildman–Crippen MR) is 124 cm³/mol. The topological polar surface area (TPSA) is 122 Å². The summed E-state index contributed by atoms with van der Waals surface area (Å²) >= 11 is 12.1. The van der Waals surface area contributed by atoms with Crippen molar-refractivity contribution in [1.29, 1.82) is 0 Å². The number of carboxylic acid groups (broad SMARTS) is 1. The highest BCUT2D eigenvalue weighted by Crippen LogP contribution is 2.26. The lowest BCUT2D eigenvalue weighted by molar-refractivity contribution is -0.137. The molecule has 172 valence electrons. The summed E-state index contributed by atoms with van der Waals surface area (Å²) in [4.78, 5) is 30.1. The van der Waals surface area contributed by atoms with Gasteiger partial charge in [0, 0.05) is 28.7 Å². The lowest BCUT2D eigenvalue weighted by atomic mass is 10.0. The number of pyridine rings is 1. The second-order valence-electron chi connectivity index (χ2n) is 7.74. The molecule has 11 heteroatoms. The first-order valence-electron chi connectivity index (χ1n) is 10.5. The fraction of sp³-hybridized carbons (Fsp3) is 0.318. The van der Waals surface area contributed by atoms with E-state index in [9.17, 15) is 14.7 Å². The van der Waals surface area contributed by atoms with Gasteiger partial charge in [-0.3, -0.25) is 9.59 Å². The van der Waals surface area contributed by atoms with Crippen LogP contribution < -0.4 is 10.6 Å². The molecular weight excluding hydrogens is 467 g/mol. The van der Waals surface area contributed by atoms with Gasteiger partial charge >= 0.3 is 5.97 Å². The zero-order chi connectivity index (χ0) is 23.4. The van der Waals surface area contributed by atoms with E-state index in [0.29, 0.717) is 28.6 Å². The van der Waals surface area contributed by atoms with Gasteiger partial charge in [0.1, 0.15) is 5.82 Å². The van der Waals surface area contributed by atoms with Crippen LogP contribution in [-0.4, -0.2) is 43.5 Å². The first-order chi connectivity index (χ1) is 15.9. The van der Waals surface area contributed by atoms with E-state index in [4.69, 9.17) is 23.2 Å². The summed E-state index contributed by atoms with van der Waals surface area (Å²) in [6.45, 7) is 1.37. The molecule has 3 heterocycles. The smallest absolute Gasteiger partial charge is 0.305 e. The first-order valence-corrected chi connectivity index (χ1v) is 11.2. The minimum Gasteiger partial charge on any atom is -0.481 e. The average molecular weight is 489 g/mol. The van der Waals surface area contributed by atoms with Crippen molar-refractivity contribution in [1.82, 2.24) is 25.3 Å². The molecule has 0 fully saturated rings. The lowest BCUT2D eigenvalue weighted by Gasteiger charge is -2.17. The maximum atomic E-state index is 12.7. The van der Waals surface area contributed by atoms with Crippen LogP contribution in [0.15, 0.2) is 36.5 Å². The third kappa shape index (κ3) is 6.00. The standard InChI is InChI=1S/C22H22Cl2N6O3/c23-15-8-14(9-16(24)10-15)18(11-20(31)32)28-22(33)19-12-26-30(29-19)7-5-17-4-3-13-2-1-6-25-21(13)27-17/h3-4,8-10,12,18H,1-2,5-7,11H2,(H,25,27)(H,28,33)(H,31,32). The van der Waals surface area contributed by atoms with E-state index in [1.807, 2.05) is 6.07 Å². The van der Waals surface area contributed by atoms with Crippen LogP contribution in [0.1, 0.15) is 46.2 Å². The number of aromatic nitrogens is 4. The molecule has 0 saturated carbocycles. The number of carbonyl (C=O) groups excluding carboxylic acids is 1. The second kappa shape index (κ2) is 10.2. The molecule has 1 unspecified atom stereocenters. The largest absolute Gasteiger partial charge is 0.481 e. The van der Waals surface area contributed by atoms with Crippen molar-refractivity contribution >= 4 is 40.9 Å². The molecule has 0 saturated heterocycles. The second-order valence-corrected chi connectivity index (χ2v) is 8.62. The van der Waals surface area contributed by atoms with Gasteiger partial charge in [0.05, 0.1) is 25.2 Å². The Bertz CT molecular complexity index is 1160. The van der Waals surface area contributed by atoms with Crippen molar-refractivity contribution in [2.75, 3.05) is 11.9 Å². The number of anilines is 1. The Kier molecular flexibility index (Phi) is 7.10. The van der Waals surface area contributed by atoms with Crippen LogP contribution in [0.2, 0.25) is 10.0 Å². The number of hydrogen-bond donors (Lipinski definition) is 3. The predicted octanol–water partition coefficient (Wildman–Crippen LogP) is 3.53. The number of halogens is 2. The van der Waals surface area contributed by atoms with Crippen molar-refractivity contribution in [3.05, 3.63) is 69.1 Å². The Morgan fingerprint density at radius 2 is 2.00 bits per heavy atom. The Hall–Kier alpha value is -3.17. The van der Waals surface area contributed by atoms with E-state index < -0.39 is 17.9 Å². The quantitative estimate of drug-likeness (QED) is 0.443. The summed E-state index contributed by atoms with van der Waals surface area (Å²) in [5, 5.41) is 24.3. The fourth-order valence-corrected chi connectivity index (χ4v) is 4.21. The van der Waals surface area contributed by atoms with Crippen LogP contribution in [0.3, 0.4) is 0 Å². The van der Waals surface area contributed by atoms with Gasteiger partial charge in [-0.05, 0) is 48.2 Å². The fourth-order valence-electron chi connectivity index (χ4n) is 3.67. The van der Waals surface area contributed by atoms with E-state index in [2.05, 4.69) is 31.9 Å². The number of aryl methyl sites for hydroxylation is 3. The molecule has 2 aromatic heterocycles. The van der Waals surface area contributed by atoms with Crippen molar-refractivity contribution in [3.63, 3.8) is 0 Å². The maximum absolute atomic E-state index is 12.7. The van der Waals surface area contributed by atoms with Gasteiger partial charge in [-0.25, -0.2) is 4.98 Å². The molecule has 1 amide bonds. The van der Waals surface area contributed by atoms with Crippen molar-refractivity contribution < 1.29 is 14.7 Å². The molecule has 0 radical (unpaired) electrons. The van der Waals surface area contributed by atoms with E-state index in [0.717, 1.165) is 30.9 Å². The van der Waals surface area contributed by atoms with Crippen LogP contribution in [0.25, 0.3) is 0 Å².